The second kappa shape index (κ2) is 13.9. The minimum Gasteiger partial charge on any atom is -0.496 e. The van der Waals surface area contributed by atoms with E-state index in [1.54, 1.807) is 19.6 Å². The number of para-hydroxylation sites is 1. The zero-order chi connectivity index (χ0) is 25.9. The van der Waals surface area contributed by atoms with Gasteiger partial charge in [-0.25, -0.2) is 9.78 Å². The summed E-state index contributed by atoms with van der Waals surface area (Å²) in [6.07, 6.45) is 7.48. The molecule has 1 aliphatic heterocycles. The van der Waals surface area contributed by atoms with Crippen LogP contribution in [0.15, 0.2) is 36.8 Å². The number of rotatable bonds is 14. The van der Waals surface area contributed by atoms with Gasteiger partial charge in [-0.2, -0.15) is 11.8 Å². The number of H-pyrrole nitrogens is 1. The highest BCUT2D eigenvalue weighted by molar-refractivity contribution is 7.98. The van der Waals surface area contributed by atoms with E-state index in [9.17, 15) is 19.5 Å². The number of aromatic amines is 1. The van der Waals surface area contributed by atoms with Gasteiger partial charge < -0.3 is 25.0 Å². The number of hydrogen-bond acceptors (Lipinski definition) is 7. The molecule has 1 aromatic carbocycles. The van der Waals surface area contributed by atoms with Crippen molar-refractivity contribution < 1.29 is 24.2 Å². The van der Waals surface area contributed by atoms with Crippen LogP contribution in [0.4, 0.5) is 0 Å². The van der Waals surface area contributed by atoms with E-state index in [1.807, 2.05) is 40.3 Å². The van der Waals surface area contributed by atoms with E-state index < -0.39 is 12.0 Å². The summed E-state index contributed by atoms with van der Waals surface area (Å²) < 4.78 is 5.50. The number of aromatic nitrogens is 2. The molecule has 0 spiro atoms. The van der Waals surface area contributed by atoms with Crippen LogP contribution in [0.3, 0.4) is 0 Å². The van der Waals surface area contributed by atoms with Gasteiger partial charge >= 0.3 is 5.97 Å². The number of carbonyl (C=O) groups excluding carboxylic acids is 2. The molecule has 2 aromatic rings. The fraction of sp³-hybridized carbons (Fsp3) is 0.520. The van der Waals surface area contributed by atoms with E-state index in [4.69, 9.17) is 4.74 Å². The van der Waals surface area contributed by atoms with Gasteiger partial charge in [0.2, 0.25) is 11.8 Å². The van der Waals surface area contributed by atoms with Crippen molar-refractivity contribution in [1.82, 2.24) is 25.1 Å². The maximum Gasteiger partial charge on any atom is 0.326 e. The second-order valence-electron chi connectivity index (χ2n) is 8.84. The molecule has 0 unspecified atom stereocenters. The number of aliphatic carboxylic acids is 1. The number of nitrogens with zero attached hydrogens (tertiary/aromatic N) is 3. The van der Waals surface area contributed by atoms with Crippen molar-refractivity contribution in [3.8, 4) is 5.75 Å². The first kappa shape index (κ1) is 27.5. The lowest BCUT2D eigenvalue weighted by Crippen LogP contribution is -2.49. The Balaban J connectivity index is 1.72. The highest BCUT2D eigenvalue weighted by Gasteiger charge is 2.31. The number of ether oxygens (including phenoxy) is 1. The molecule has 3 rings (SSSR count). The van der Waals surface area contributed by atoms with Gasteiger partial charge in [0.1, 0.15) is 11.8 Å². The van der Waals surface area contributed by atoms with Crippen LogP contribution in [-0.2, 0) is 27.3 Å². The molecular weight excluding hydrogens is 482 g/mol. The lowest BCUT2D eigenvalue weighted by Gasteiger charge is -2.31. The SMILES string of the molecule is COc1ccccc1CN(CC(=O)N[C@@H](CCSC)C(=O)O)C[C@@H]1CCCN1C(=O)Cc1c[nH]cn1. The number of methoxy groups -OCH3 is 1. The molecule has 11 heteroatoms. The van der Waals surface area contributed by atoms with Crippen molar-refractivity contribution in [3.05, 3.63) is 48.0 Å². The topological polar surface area (TPSA) is 128 Å². The summed E-state index contributed by atoms with van der Waals surface area (Å²) >= 11 is 1.54. The third-order valence-corrected chi connectivity index (χ3v) is 6.90. The van der Waals surface area contributed by atoms with Crippen LogP contribution in [0, 0.1) is 0 Å². The van der Waals surface area contributed by atoms with Crippen LogP contribution in [-0.4, -0.2) is 93.5 Å². The molecule has 3 N–H and O–H groups in total. The van der Waals surface area contributed by atoms with Gasteiger partial charge in [0.15, 0.2) is 0 Å². The average molecular weight is 518 g/mol. The van der Waals surface area contributed by atoms with Gasteiger partial charge in [0, 0.05) is 37.4 Å². The first-order valence-electron chi connectivity index (χ1n) is 12.0. The Morgan fingerprint density at radius 3 is 2.86 bits per heavy atom. The molecule has 1 fully saturated rings. The van der Waals surface area contributed by atoms with Crippen molar-refractivity contribution in [1.29, 1.82) is 0 Å². The fourth-order valence-electron chi connectivity index (χ4n) is 4.49. The first-order chi connectivity index (χ1) is 17.4. The van der Waals surface area contributed by atoms with Crippen molar-refractivity contribution in [3.63, 3.8) is 0 Å². The minimum atomic E-state index is -1.04. The molecular formula is C25H35N5O5S. The van der Waals surface area contributed by atoms with E-state index in [1.165, 1.54) is 11.8 Å². The van der Waals surface area contributed by atoms with Gasteiger partial charge in [-0.05, 0) is 37.3 Å². The Morgan fingerprint density at radius 1 is 1.36 bits per heavy atom. The summed E-state index contributed by atoms with van der Waals surface area (Å²) in [6.45, 7) is 1.59. The summed E-state index contributed by atoms with van der Waals surface area (Å²) in [5, 5.41) is 12.2. The van der Waals surface area contributed by atoms with Gasteiger partial charge in [-0.3, -0.25) is 14.5 Å². The molecule has 196 valence electrons. The number of amides is 2. The predicted molar refractivity (Wildman–Crippen MR) is 138 cm³/mol. The monoisotopic (exact) mass is 517 g/mol. The zero-order valence-electron chi connectivity index (χ0n) is 20.8. The lowest BCUT2D eigenvalue weighted by molar-refractivity contribution is -0.142. The van der Waals surface area contributed by atoms with Crippen LogP contribution in [0.5, 0.6) is 5.75 Å². The molecule has 0 bridgehead atoms. The largest absolute Gasteiger partial charge is 0.496 e. The van der Waals surface area contributed by atoms with Crippen molar-refractivity contribution in [2.75, 3.05) is 38.8 Å². The molecule has 1 aromatic heterocycles. The highest BCUT2D eigenvalue weighted by Crippen LogP contribution is 2.23. The number of imidazole rings is 1. The number of hydrogen-bond donors (Lipinski definition) is 3. The van der Waals surface area contributed by atoms with Crippen molar-refractivity contribution in [2.24, 2.45) is 0 Å². The Hall–Kier alpha value is -3.05. The highest BCUT2D eigenvalue weighted by atomic mass is 32.2. The Kier molecular flexibility index (Phi) is 10.6. The van der Waals surface area contributed by atoms with E-state index >= 15 is 0 Å². The van der Waals surface area contributed by atoms with E-state index in [2.05, 4.69) is 15.3 Å². The van der Waals surface area contributed by atoms with E-state index in [-0.39, 0.29) is 30.8 Å². The van der Waals surface area contributed by atoms with Crippen molar-refractivity contribution >= 4 is 29.5 Å². The standard InChI is InChI=1S/C25H35N5O5S/c1-35-22-8-4-3-6-18(22)14-29(16-23(31)28-21(25(33)34)9-11-36-2)15-20-7-5-10-30(20)24(32)12-19-13-26-17-27-19/h3-4,6,8,13,17,20-21H,5,7,9-12,14-16H2,1-2H3,(H,26,27)(H,28,31)(H,33,34)/t20-,21-/m0/s1. The number of nitrogens with one attached hydrogen (secondary N) is 2. The molecule has 0 saturated carbocycles. The van der Waals surface area contributed by atoms with E-state index in [0.29, 0.717) is 43.3 Å². The molecule has 2 atom stereocenters. The van der Waals surface area contributed by atoms with Crippen molar-refractivity contribution in [2.45, 2.75) is 44.3 Å². The maximum absolute atomic E-state index is 13.0. The zero-order valence-corrected chi connectivity index (χ0v) is 21.6. The van der Waals surface area contributed by atoms with Crippen LogP contribution < -0.4 is 10.1 Å². The number of thioether (sulfide) groups is 1. The molecule has 10 nitrogen and oxygen atoms in total. The van der Waals surface area contributed by atoms with Gasteiger partial charge in [0.25, 0.3) is 0 Å². The normalized spacial score (nSPS) is 16.2. The molecule has 2 heterocycles. The molecule has 0 radical (unpaired) electrons. The van der Waals surface area contributed by atoms with Crippen LogP contribution in [0.2, 0.25) is 0 Å². The minimum absolute atomic E-state index is 0.00861. The van der Waals surface area contributed by atoms with Gasteiger partial charge in [0.05, 0.1) is 32.1 Å². The number of carbonyl (C=O) groups is 3. The number of carboxylic acids is 1. The fourth-order valence-corrected chi connectivity index (χ4v) is 4.96. The maximum atomic E-state index is 13.0. The number of benzene rings is 1. The Morgan fingerprint density at radius 2 is 2.17 bits per heavy atom. The van der Waals surface area contributed by atoms with Gasteiger partial charge in [-0.1, -0.05) is 18.2 Å². The number of likely N-dealkylation sites (tertiary alicyclic amines) is 1. The smallest absolute Gasteiger partial charge is 0.326 e. The third-order valence-electron chi connectivity index (χ3n) is 6.25. The predicted octanol–water partition coefficient (Wildman–Crippen LogP) is 1.78. The number of carboxylic acid groups (broad SMARTS) is 1. The van der Waals surface area contributed by atoms with Crippen LogP contribution in [0.1, 0.15) is 30.5 Å². The third kappa shape index (κ3) is 7.99. The Labute approximate surface area is 215 Å². The summed E-state index contributed by atoms with van der Waals surface area (Å²) in [4.78, 5) is 48.4. The summed E-state index contributed by atoms with van der Waals surface area (Å²) in [5.41, 5.74) is 1.61. The molecule has 0 aliphatic carbocycles. The summed E-state index contributed by atoms with van der Waals surface area (Å²) in [5.74, 6) is -0.0407. The quantitative estimate of drug-likeness (QED) is 0.346. The first-order valence-corrected chi connectivity index (χ1v) is 13.4. The van der Waals surface area contributed by atoms with E-state index in [0.717, 1.165) is 18.4 Å². The summed E-state index contributed by atoms with van der Waals surface area (Å²) in [7, 11) is 1.60. The van der Waals surface area contributed by atoms with Crippen LogP contribution >= 0.6 is 11.8 Å². The summed E-state index contributed by atoms with van der Waals surface area (Å²) in [6, 6.07) is 6.62. The molecule has 2 amide bonds. The van der Waals surface area contributed by atoms with Gasteiger partial charge in [-0.15, -0.1) is 0 Å². The Bertz CT molecular complexity index is 1000. The average Bonchev–Trinajstić information content (AvgIpc) is 3.54. The second-order valence-corrected chi connectivity index (χ2v) is 9.83. The van der Waals surface area contributed by atoms with Crippen LogP contribution in [0.25, 0.3) is 0 Å². The molecule has 1 saturated heterocycles. The lowest BCUT2D eigenvalue weighted by atomic mass is 10.1. The molecule has 1 aliphatic rings. The molecule has 36 heavy (non-hydrogen) atoms.